The van der Waals surface area contributed by atoms with Gasteiger partial charge in [0.05, 0.1) is 20.6 Å². The molecular formula is C23H16Cl4N2O3. The number of carbonyl (C=O) groups excluding carboxylic acids is 1. The van der Waals surface area contributed by atoms with E-state index in [0.717, 1.165) is 0 Å². The number of anilines is 1. The van der Waals surface area contributed by atoms with Gasteiger partial charge in [-0.25, -0.2) is 4.98 Å². The lowest BCUT2D eigenvalue weighted by atomic mass is 10.1. The van der Waals surface area contributed by atoms with Gasteiger partial charge >= 0.3 is 0 Å². The third-order valence-corrected chi connectivity index (χ3v) is 6.64. The van der Waals surface area contributed by atoms with Gasteiger partial charge in [0.1, 0.15) is 5.52 Å². The van der Waals surface area contributed by atoms with Crippen LogP contribution in [0.25, 0.3) is 22.6 Å². The van der Waals surface area contributed by atoms with Gasteiger partial charge in [0, 0.05) is 10.7 Å². The smallest absolute Gasteiger partial charge is 0.262 e. The van der Waals surface area contributed by atoms with E-state index in [1.807, 2.05) is 24.3 Å². The van der Waals surface area contributed by atoms with Gasteiger partial charge in [0.15, 0.2) is 17.9 Å². The number of nitrogens with zero attached hydrogens (tertiary/aromatic N) is 1. The number of rotatable bonds is 5. The molecule has 32 heavy (non-hydrogen) atoms. The van der Waals surface area contributed by atoms with E-state index in [1.54, 1.807) is 32.0 Å². The second-order valence-corrected chi connectivity index (χ2v) is 8.58. The number of fused-ring (bicyclic) bond motifs is 1. The Labute approximate surface area is 204 Å². The molecule has 0 saturated carbocycles. The van der Waals surface area contributed by atoms with Crippen molar-refractivity contribution in [1.29, 1.82) is 0 Å². The van der Waals surface area contributed by atoms with Crippen LogP contribution in [0, 0.1) is 13.8 Å². The molecular weight excluding hydrogens is 494 g/mol. The van der Waals surface area contributed by atoms with E-state index >= 15 is 0 Å². The van der Waals surface area contributed by atoms with Crippen LogP contribution in [0.15, 0.2) is 46.9 Å². The van der Waals surface area contributed by atoms with Crippen molar-refractivity contribution in [3.8, 4) is 17.2 Å². The standard InChI is InChI=1S/C23H16Cl4N2O3/c1-11-19(25)12(2)21(27)22(20(11)26)31-10-18(30)28-13-7-8-15(24)14(9-13)23-29-16-5-3-4-6-17(16)32-23/h3-9H,10H2,1-2H3,(H,28,30). The zero-order chi connectivity index (χ0) is 23.0. The van der Waals surface area contributed by atoms with E-state index in [0.29, 0.717) is 49.4 Å². The molecule has 1 amide bonds. The molecule has 0 fully saturated rings. The van der Waals surface area contributed by atoms with Gasteiger partial charge in [-0.15, -0.1) is 0 Å². The highest BCUT2D eigenvalue weighted by atomic mass is 35.5. The Bertz CT molecular complexity index is 1290. The van der Waals surface area contributed by atoms with Crippen LogP contribution in [0.2, 0.25) is 20.1 Å². The quantitative estimate of drug-likeness (QED) is 0.298. The summed E-state index contributed by atoms with van der Waals surface area (Å²) < 4.78 is 11.4. The maximum atomic E-state index is 12.5. The van der Waals surface area contributed by atoms with Crippen LogP contribution in [-0.4, -0.2) is 17.5 Å². The minimum Gasteiger partial charge on any atom is -0.481 e. The van der Waals surface area contributed by atoms with Crippen LogP contribution in [0.1, 0.15) is 11.1 Å². The number of hydrogen-bond acceptors (Lipinski definition) is 4. The van der Waals surface area contributed by atoms with Crippen molar-refractivity contribution in [3.05, 3.63) is 73.7 Å². The highest BCUT2D eigenvalue weighted by Crippen LogP contribution is 2.42. The lowest BCUT2D eigenvalue weighted by molar-refractivity contribution is -0.118. The van der Waals surface area contributed by atoms with E-state index < -0.39 is 5.91 Å². The average Bonchev–Trinajstić information content (AvgIpc) is 3.21. The molecule has 5 nitrogen and oxygen atoms in total. The number of oxazole rings is 1. The Kier molecular flexibility index (Phi) is 6.54. The molecule has 0 bridgehead atoms. The minimum atomic E-state index is -0.409. The number of halogens is 4. The number of carbonyl (C=O) groups is 1. The normalized spacial score (nSPS) is 11.1. The largest absolute Gasteiger partial charge is 0.481 e. The summed E-state index contributed by atoms with van der Waals surface area (Å²) in [5.74, 6) is 0.161. The fourth-order valence-corrected chi connectivity index (χ4v) is 4.15. The molecule has 0 atom stereocenters. The molecule has 1 N–H and O–H groups in total. The molecule has 0 aliphatic heterocycles. The number of aromatic nitrogens is 1. The summed E-state index contributed by atoms with van der Waals surface area (Å²) in [7, 11) is 0. The maximum absolute atomic E-state index is 12.5. The summed E-state index contributed by atoms with van der Waals surface area (Å²) in [6.07, 6.45) is 0. The van der Waals surface area contributed by atoms with E-state index in [-0.39, 0.29) is 22.4 Å². The van der Waals surface area contributed by atoms with Crippen molar-refractivity contribution < 1.29 is 13.9 Å². The van der Waals surface area contributed by atoms with E-state index in [4.69, 9.17) is 55.6 Å². The Hall–Kier alpha value is -2.44. The van der Waals surface area contributed by atoms with Crippen molar-refractivity contribution in [2.24, 2.45) is 0 Å². The summed E-state index contributed by atoms with van der Waals surface area (Å²) in [6, 6.07) is 12.4. The summed E-state index contributed by atoms with van der Waals surface area (Å²) in [5.41, 5.74) is 3.67. The van der Waals surface area contributed by atoms with E-state index in [2.05, 4.69) is 10.3 Å². The molecule has 0 saturated heterocycles. The van der Waals surface area contributed by atoms with Gasteiger partial charge < -0.3 is 14.5 Å². The lowest BCUT2D eigenvalue weighted by Crippen LogP contribution is -2.20. The van der Waals surface area contributed by atoms with Crippen molar-refractivity contribution in [1.82, 2.24) is 4.98 Å². The Balaban J connectivity index is 1.52. The molecule has 0 unspecified atom stereocenters. The number of amides is 1. The van der Waals surface area contributed by atoms with Crippen molar-refractivity contribution in [2.75, 3.05) is 11.9 Å². The van der Waals surface area contributed by atoms with Gasteiger partial charge in [-0.2, -0.15) is 0 Å². The van der Waals surface area contributed by atoms with Crippen LogP contribution >= 0.6 is 46.4 Å². The molecule has 1 aromatic heterocycles. The number of benzene rings is 3. The van der Waals surface area contributed by atoms with Crippen LogP contribution < -0.4 is 10.1 Å². The van der Waals surface area contributed by atoms with Crippen molar-refractivity contribution in [3.63, 3.8) is 0 Å². The maximum Gasteiger partial charge on any atom is 0.262 e. The highest BCUT2D eigenvalue weighted by Gasteiger charge is 2.19. The first-order chi connectivity index (χ1) is 15.3. The molecule has 0 radical (unpaired) electrons. The van der Waals surface area contributed by atoms with Crippen molar-refractivity contribution >= 4 is 69.1 Å². The third-order valence-electron chi connectivity index (χ3n) is 4.84. The Morgan fingerprint density at radius 3 is 2.38 bits per heavy atom. The summed E-state index contributed by atoms with van der Waals surface area (Å²) in [6.45, 7) is 3.20. The fraction of sp³-hybridized carbons (Fsp3) is 0.130. The van der Waals surface area contributed by atoms with E-state index in [9.17, 15) is 4.79 Å². The molecule has 164 valence electrons. The molecule has 4 rings (SSSR count). The predicted octanol–water partition coefficient (Wildman–Crippen LogP) is 7.74. The molecule has 0 aliphatic carbocycles. The summed E-state index contributed by atoms with van der Waals surface area (Å²) in [5, 5.41) is 4.20. The zero-order valence-corrected chi connectivity index (χ0v) is 20.0. The molecule has 3 aromatic carbocycles. The molecule has 0 spiro atoms. The monoisotopic (exact) mass is 508 g/mol. The first kappa shape index (κ1) is 22.7. The molecule has 0 aliphatic rings. The predicted molar refractivity (Wildman–Crippen MR) is 130 cm³/mol. The summed E-state index contributed by atoms with van der Waals surface area (Å²) in [4.78, 5) is 17.0. The van der Waals surface area contributed by atoms with Crippen LogP contribution in [-0.2, 0) is 4.79 Å². The van der Waals surface area contributed by atoms with Gasteiger partial charge in [0.25, 0.3) is 5.91 Å². The minimum absolute atomic E-state index is 0.214. The van der Waals surface area contributed by atoms with Crippen LogP contribution in [0.3, 0.4) is 0 Å². The fourth-order valence-electron chi connectivity index (χ4n) is 3.13. The number of hydrogen-bond donors (Lipinski definition) is 1. The third kappa shape index (κ3) is 4.39. The number of para-hydroxylation sites is 2. The average molecular weight is 510 g/mol. The second kappa shape index (κ2) is 9.20. The van der Waals surface area contributed by atoms with Crippen LogP contribution in [0.5, 0.6) is 5.75 Å². The van der Waals surface area contributed by atoms with Crippen molar-refractivity contribution in [2.45, 2.75) is 13.8 Å². The first-order valence-electron chi connectivity index (χ1n) is 9.48. The van der Waals surface area contributed by atoms with E-state index in [1.165, 1.54) is 0 Å². The number of nitrogens with one attached hydrogen (secondary N) is 1. The van der Waals surface area contributed by atoms with Gasteiger partial charge in [-0.05, 0) is 55.3 Å². The molecule has 1 heterocycles. The summed E-state index contributed by atoms with van der Waals surface area (Å²) >= 11 is 25.1. The van der Waals surface area contributed by atoms with Gasteiger partial charge in [-0.3, -0.25) is 4.79 Å². The molecule has 4 aromatic rings. The zero-order valence-electron chi connectivity index (χ0n) is 16.9. The number of ether oxygens (including phenoxy) is 1. The van der Waals surface area contributed by atoms with Gasteiger partial charge in [0.2, 0.25) is 5.89 Å². The Morgan fingerprint density at radius 2 is 1.69 bits per heavy atom. The molecule has 9 heteroatoms. The highest BCUT2D eigenvalue weighted by molar-refractivity contribution is 6.42. The van der Waals surface area contributed by atoms with Gasteiger partial charge in [-0.1, -0.05) is 58.5 Å². The van der Waals surface area contributed by atoms with Crippen LogP contribution in [0.4, 0.5) is 5.69 Å². The first-order valence-corrected chi connectivity index (χ1v) is 11.0. The lowest BCUT2D eigenvalue weighted by Gasteiger charge is -2.15. The SMILES string of the molecule is Cc1c(Cl)c(C)c(Cl)c(OCC(=O)Nc2ccc(Cl)c(-c3nc4ccccc4o3)c2)c1Cl. The Morgan fingerprint density at radius 1 is 1.00 bits per heavy atom. The topological polar surface area (TPSA) is 64.4 Å². The second-order valence-electron chi connectivity index (χ2n) is 7.04.